The van der Waals surface area contributed by atoms with Gasteiger partial charge in [0.25, 0.3) is 0 Å². The van der Waals surface area contributed by atoms with Gasteiger partial charge in [0.15, 0.2) is 0 Å². The molecule has 0 aromatic heterocycles. The van der Waals surface area contributed by atoms with Gasteiger partial charge in [0.2, 0.25) is 0 Å². The van der Waals surface area contributed by atoms with Crippen LogP contribution in [-0.4, -0.2) is 13.2 Å². The summed E-state index contributed by atoms with van der Waals surface area (Å²) in [6.45, 7) is 14.1. The SMILES string of the molecule is C=COCCCNC(C)c1ccc(C(C)(C)C)cc1. The van der Waals surface area contributed by atoms with E-state index in [9.17, 15) is 0 Å². The van der Waals surface area contributed by atoms with Crippen LogP contribution in [0.15, 0.2) is 37.1 Å². The molecule has 0 bridgehead atoms. The maximum atomic E-state index is 5.10. The van der Waals surface area contributed by atoms with Gasteiger partial charge in [0.1, 0.15) is 0 Å². The Kier molecular flexibility index (Phi) is 6.10. The standard InChI is InChI=1S/C17H27NO/c1-6-19-13-7-12-18-14(2)15-8-10-16(11-9-15)17(3,4)5/h6,8-11,14,18H,1,7,12-13H2,2-5H3. The van der Waals surface area contributed by atoms with Gasteiger partial charge in [-0.2, -0.15) is 0 Å². The first-order chi connectivity index (χ1) is 8.95. The predicted octanol–water partition coefficient (Wildman–Crippen LogP) is 4.18. The lowest BCUT2D eigenvalue weighted by Gasteiger charge is -2.20. The molecule has 106 valence electrons. The van der Waals surface area contributed by atoms with Crippen molar-refractivity contribution in [1.29, 1.82) is 0 Å². The Morgan fingerprint density at radius 1 is 1.26 bits per heavy atom. The van der Waals surface area contributed by atoms with Crippen molar-refractivity contribution in [2.75, 3.05) is 13.2 Å². The first-order valence-electron chi connectivity index (χ1n) is 7.01. The number of benzene rings is 1. The maximum Gasteiger partial charge on any atom is 0.0885 e. The summed E-state index contributed by atoms with van der Waals surface area (Å²) in [5, 5.41) is 3.50. The average molecular weight is 261 g/mol. The Bertz CT molecular complexity index is 375. The van der Waals surface area contributed by atoms with E-state index in [-0.39, 0.29) is 5.41 Å². The Labute approximate surface area is 117 Å². The smallest absolute Gasteiger partial charge is 0.0885 e. The van der Waals surface area contributed by atoms with E-state index in [1.807, 2.05) is 0 Å². The van der Waals surface area contributed by atoms with E-state index in [4.69, 9.17) is 4.74 Å². The highest BCUT2D eigenvalue weighted by atomic mass is 16.5. The molecule has 0 fully saturated rings. The van der Waals surface area contributed by atoms with Gasteiger partial charge in [0.05, 0.1) is 12.9 Å². The van der Waals surface area contributed by atoms with Gasteiger partial charge >= 0.3 is 0 Å². The molecule has 1 rings (SSSR count). The summed E-state index contributed by atoms with van der Waals surface area (Å²) < 4.78 is 5.10. The van der Waals surface area contributed by atoms with Crippen LogP contribution in [0.5, 0.6) is 0 Å². The predicted molar refractivity (Wildman–Crippen MR) is 82.3 cm³/mol. The molecule has 1 atom stereocenters. The molecule has 2 nitrogen and oxygen atoms in total. The molecule has 2 heteroatoms. The van der Waals surface area contributed by atoms with Gasteiger partial charge in [-0.15, -0.1) is 0 Å². The third-order valence-electron chi connectivity index (χ3n) is 3.28. The van der Waals surface area contributed by atoms with Crippen LogP contribution in [0.1, 0.15) is 51.3 Å². The zero-order valence-electron chi connectivity index (χ0n) is 12.7. The van der Waals surface area contributed by atoms with Crippen LogP contribution < -0.4 is 5.32 Å². The Hall–Kier alpha value is -1.28. The number of rotatable bonds is 7. The quantitative estimate of drug-likeness (QED) is 0.587. The molecule has 1 N–H and O–H groups in total. The van der Waals surface area contributed by atoms with Crippen LogP contribution in [0, 0.1) is 0 Å². The average Bonchev–Trinajstić information content (AvgIpc) is 2.37. The van der Waals surface area contributed by atoms with Gasteiger partial charge in [-0.05, 0) is 36.4 Å². The minimum Gasteiger partial charge on any atom is -0.502 e. The molecule has 1 unspecified atom stereocenters. The summed E-state index contributed by atoms with van der Waals surface area (Å²) in [6.07, 6.45) is 2.49. The molecule has 1 aromatic rings. The van der Waals surface area contributed by atoms with Crippen molar-refractivity contribution in [2.45, 2.75) is 45.6 Å². The topological polar surface area (TPSA) is 21.3 Å². The highest BCUT2D eigenvalue weighted by Crippen LogP contribution is 2.23. The van der Waals surface area contributed by atoms with E-state index in [1.54, 1.807) is 0 Å². The van der Waals surface area contributed by atoms with Crippen LogP contribution in [0.2, 0.25) is 0 Å². The molecule has 0 spiro atoms. The number of hydrogen-bond acceptors (Lipinski definition) is 2. The van der Waals surface area contributed by atoms with E-state index in [2.05, 4.69) is 63.9 Å². The van der Waals surface area contributed by atoms with Crippen molar-refractivity contribution in [3.63, 3.8) is 0 Å². The molecule has 19 heavy (non-hydrogen) atoms. The summed E-state index contributed by atoms with van der Waals surface area (Å²) in [4.78, 5) is 0. The molecule has 0 radical (unpaired) electrons. The molecular formula is C17H27NO. The van der Waals surface area contributed by atoms with Crippen LogP contribution in [0.3, 0.4) is 0 Å². The minimum absolute atomic E-state index is 0.219. The van der Waals surface area contributed by atoms with Gasteiger partial charge in [-0.3, -0.25) is 0 Å². The van der Waals surface area contributed by atoms with Gasteiger partial charge in [-0.1, -0.05) is 51.6 Å². The van der Waals surface area contributed by atoms with E-state index in [0.29, 0.717) is 6.04 Å². The summed E-state index contributed by atoms with van der Waals surface area (Å²) in [5.41, 5.74) is 2.93. The van der Waals surface area contributed by atoms with E-state index in [1.165, 1.54) is 17.4 Å². The number of hydrogen-bond donors (Lipinski definition) is 1. The summed E-state index contributed by atoms with van der Waals surface area (Å²) in [5.74, 6) is 0. The van der Waals surface area contributed by atoms with E-state index < -0.39 is 0 Å². The van der Waals surface area contributed by atoms with Gasteiger partial charge in [0, 0.05) is 6.04 Å². The second kappa shape index (κ2) is 7.34. The highest BCUT2D eigenvalue weighted by Gasteiger charge is 2.13. The number of nitrogens with one attached hydrogen (secondary N) is 1. The first kappa shape index (κ1) is 15.8. The summed E-state index contributed by atoms with van der Waals surface area (Å²) in [7, 11) is 0. The fourth-order valence-corrected chi connectivity index (χ4v) is 1.95. The highest BCUT2D eigenvalue weighted by molar-refractivity contribution is 5.28. The third-order valence-corrected chi connectivity index (χ3v) is 3.28. The van der Waals surface area contributed by atoms with Crippen molar-refractivity contribution >= 4 is 0 Å². The lowest BCUT2D eigenvalue weighted by molar-refractivity contribution is 0.243. The fourth-order valence-electron chi connectivity index (χ4n) is 1.95. The van der Waals surface area contributed by atoms with Crippen molar-refractivity contribution < 1.29 is 4.74 Å². The molecule has 0 saturated carbocycles. The maximum absolute atomic E-state index is 5.10. The van der Waals surface area contributed by atoms with Crippen LogP contribution in [0.4, 0.5) is 0 Å². The zero-order chi connectivity index (χ0) is 14.3. The molecule has 0 heterocycles. The van der Waals surface area contributed by atoms with Crippen molar-refractivity contribution in [3.05, 3.63) is 48.2 Å². The second-order valence-corrected chi connectivity index (χ2v) is 5.94. The molecule has 1 aromatic carbocycles. The molecule has 0 aliphatic carbocycles. The van der Waals surface area contributed by atoms with Crippen molar-refractivity contribution in [1.82, 2.24) is 5.32 Å². The summed E-state index contributed by atoms with van der Waals surface area (Å²) >= 11 is 0. The van der Waals surface area contributed by atoms with Crippen LogP contribution in [0.25, 0.3) is 0 Å². The zero-order valence-corrected chi connectivity index (χ0v) is 12.7. The second-order valence-electron chi connectivity index (χ2n) is 5.94. The van der Waals surface area contributed by atoms with Gasteiger partial charge in [-0.25, -0.2) is 0 Å². The Morgan fingerprint density at radius 3 is 2.42 bits per heavy atom. The van der Waals surface area contributed by atoms with Gasteiger partial charge < -0.3 is 10.1 Å². The lowest BCUT2D eigenvalue weighted by Crippen LogP contribution is -2.21. The van der Waals surface area contributed by atoms with Crippen molar-refractivity contribution in [3.8, 4) is 0 Å². The molecule has 0 aliphatic heterocycles. The summed E-state index contributed by atoms with van der Waals surface area (Å²) in [6, 6.07) is 9.28. The Balaban J connectivity index is 2.44. The third kappa shape index (κ3) is 5.48. The molecule has 0 amide bonds. The minimum atomic E-state index is 0.219. The fraction of sp³-hybridized carbons (Fsp3) is 0.529. The Morgan fingerprint density at radius 2 is 1.89 bits per heavy atom. The lowest BCUT2D eigenvalue weighted by atomic mass is 9.86. The van der Waals surface area contributed by atoms with E-state index in [0.717, 1.165) is 19.6 Å². The molecular weight excluding hydrogens is 234 g/mol. The largest absolute Gasteiger partial charge is 0.502 e. The normalized spacial score (nSPS) is 13.1. The first-order valence-corrected chi connectivity index (χ1v) is 7.01. The van der Waals surface area contributed by atoms with Crippen LogP contribution >= 0.6 is 0 Å². The van der Waals surface area contributed by atoms with Crippen molar-refractivity contribution in [2.24, 2.45) is 0 Å². The van der Waals surface area contributed by atoms with Crippen LogP contribution in [-0.2, 0) is 10.2 Å². The monoisotopic (exact) mass is 261 g/mol. The number of ether oxygens (including phenoxy) is 1. The molecule has 0 saturated heterocycles. The molecule has 0 aliphatic rings. The van der Waals surface area contributed by atoms with E-state index >= 15 is 0 Å².